The second-order valence-electron chi connectivity index (χ2n) is 10.4. The number of amides is 1. The number of halogens is 2. The number of hydrogen-bond donors (Lipinski definition) is 1. The summed E-state index contributed by atoms with van der Waals surface area (Å²) in [6.45, 7) is 6.00. The molecule has 0 fully saturated rings. The molecule has 1 amide bonds. The molecule has 1 aromatic heterocycles. The van der Waals surface area contributed by atoms with Crippen molar-refractivity contribution in [1.29, 1.82) is 0 Å². The highest BCUT2D eigenvalue weighted by atomic mass is 127. The van der Waals surface area contributed by atoms with Gasteiger partial charge in [0.05, 0.1) is 27.8 Å². The van der Waals surface area contributed by atoms with Crippen LogP contribution in [0.1, 0.15) is 36.5 Å². The maximum Gasteiger partial charge on any atom is 0.282 e. The Hall–Kier alpha value is -4.22. The number of rotatable bonds is 9. The first-order valence-corrected chi connectivity index (χ1v) is 15.3. The van der Waals surface area contributed by atoms with Crippen LogP contribution in [0.15, 0.2) is 88.8 Å². The predicted octanol–water partition coefficient (Wildman–Crippen LogP) is 7.66. The lowest BCUT2D eigenvalue weighted by Crippen LogP contribution is -2.21. The second-order valence-corrected chi connectivity index (χ2v) is 12.0. The van der Waals surface area contributed by atoms with Crippen LogP contribution in [-0.4, -0.2) is 35.5 Å². The number of nitrogens with one attached hydrogen (secondary N) is 1. The van der Waals surface area contributed by atoms with E-state index in [1.807, 2.05) is 49.4 Å². The average Bonchev–Trinajstić information content (AvgIpc) is 3.01. The van der Waals surface area contributed by atoms with Gasteiger partial charge in [0.15, 0.2) is 12.4 Å². The van der Waals surface area contributed by atoms with Gasteiger partial charge in [-0.05, 0) is 119 Å². The van der Waals surface area contributed by atoms with Crippen LogP contribution in [0.5, 0.6) is 11.5 Å². The molecule has 0 bridgehead atoms. The van der Waals surface area contributed by atoms with Crippen LogP contribution in [-0.2, 0) is 4.79 Å². The first-order valence-electron chi connectivity index (χ1n) is 13.9. The van der Waals surface area contributed by atoms with Gasteiger partial charge in [-0.2, -0.15) is 9.78 Å². The van der Waals surface area contributed by atoms with Crippen LogP contribution >= 0.6 is 34.2 Å². The molecular formula is C34H30ClIN4O4. The molecule has 5 rings (SSSR count). The lowest BCUT2D eigenvalue weighted by Gasteiger charge is -2.17. The Morgan fingerprint density at radius 1 is 1.07 bits per heavy atom. The molecule has 8 nitrogen and oxygen atoms in total. The van der Waals surface area contributed by atoms with Gasteiger partial charge >= 0.3 is 0 Å². The molecule has 4 aromatic carbocycles. The van der Waals surface area contributed by atoms with Gasteiger partial charge in [0, 0.05) is 16.3 Å². The molecule has 1 heterocycles. The number of para-hydroxylation sites is 1. The topological polar surface area (TPSA) is 94.8 Å². The number of carbonyl (C=O) groups is 1. The third-order valence-corrected chi connectivity index (χ3v) is 8.05. The van der Waals surface area contributed by atoms with Crippen LogP contribution in [0.4, 0.5) is 5.69 Å². The van der Waals surface area contributed by atoms with Crippen molar-refractivity contribution in [2.45, 2.75) is 26.7 Å². The largest absolute Gasteiger partial charge is 0.496 e. The summed E-state index contributed by atoms with van der Waals surface area (Å²) in [7, 11) is 1.66. The summed E-state index contributed by atoms with van der Waals surface area (Å²) in [6, 6.07) is 23.5. The summed E-state index contributed by atoms with van der Waals surface area (Å²) in [4.78, 5) is 31.0. The van der Waals surface area contributed by atoms with Crippen molar-refractivity contribution in [2.24, 2.45) is 5.10 Å². The summed E-state index contributed by atoms with van der Waals surface area (Å²) in [5.41, 5.74) is 4.41. The molecule has 1 N–H and O–H groups in total. The van der Waals surface area contributed by atoms with Gasteiger partial charge in [0.2, 0.25) is 0 Å². The Bertz CT molecular complexity index is 1940. The van der Waals surface area contributed by atoms with Crippen LogP contribution in [0.25, 0.3) is 22.3 Å². The standard InChI is InChI=1S/C34H30ClIN4O4/c1-20(2)26-17-27(21(3)15-31(26)43-4)33-39-29-8-6-5-7-25(29)34(42)40(33)37-18-22-9-14-30(28(36)16-22)44-19-32(41)38-24-12-10-23(35)11-13-24/h5-18,20H,19H2,1-4H3,(H,38,41). The van der Waals surface area contributed by atoms with E-state index in [1.165, 1.54) is 4.68 Å². The summed E-state index contributed by atoms with van der Waals surface area (Å²) in [5.74, 6) is 1.68. The number of carbonyl (C=O) groups excluding carboxylic acids is 1. The smallest absolute Gasteiger partial charge is 0.282 e. The first-order chi connectivity index (χ1) is 21.1. The highest BCUT2D eigenvalue weighted by Gasteiger charge is 2.18. The monoisotopic (exact) mass is 720 g/mol. The van der Waals surface area contributed by atoms with Crippen molar-refractivity contribution in [3.8, 4) is 22.9 Å². The van der Waals surface area contributed by atoms with Gasteiger partial charge in [-0.1, -0.05) is 37.6 Å². The minimum Gasteiger partial charge on any atom is -0.496 e. The number of aryl methyl sites for hydroxylation is 1. The first kappa shape index (κ1) is 31.2. The minimum absolute atomic E-state index is 0.160. The van der Waals surface area contributed by atoms with E-state index in [0.29, 0.717) is 33.2 Å². The van der Waals surface area contributed by atoms with E-state index in [2.05, 4.69) is 46.9 Å². The predicted molar refractivity (Wildman–Crippen MR) is 185 cm³/mol. The fourth-order valence-corrected chi connectivity index (χ4v) is 5.51. The zero-order valence-corrected chi connectivity index (χ0v) is 27.5. The van der Waals surface area contributed by atoms with Crippen molar-refractivity contribution in [2.75, 3.05) is 19.0 Å². The van der Waals surface area contributed by atoms with Crippen molar-refractivity contribution in [3.05, 3.63) is 114 Å². The molecule has 0 spiro atoms. The van der Waals surface area contributed by atoms with E-state index in [0.717, 1.165) is 31.6 Å². The van der Waals surface area contributed by atoms with Crippen molar-refractivity contribution >= 4 is 62.9 Å². The summed E-state index contributed by atoms with van der Waals surface area (Å²) >= 11 is 8.05. The Balaban J connectivity index is 1.44. The van der Waals surface area contributed by atoms with E-state index in [1.54, 1.807) is 49.7 Å². The molecule has 44 heavy (non-hydrogen) atoms. The SMILES string of the molecule is COc1cc(C)c(-c2nc3ccccc3c(=O)n2N=Cc2ccc(OCC(=O)Nc3ccc(Cl)cc3)c(I)c2)cc1C(C)C. The number of ether oxygens (including phenoxy) is 2. The summed E-state index contributed by atoms with van der Waals surface area (Å²) in [5, 5.41) is 8.46. The van der Waals surface area contributed by atoms with Gasteiger partial charge < -0.3 is 14.8 Å². The molecule has 0 saturated carbocycles. The lowest BCUT2D eigenvalue weighted by molar-refractivity contribution is -0.118. The molecule has 0 unspecified atom stereocenters. The number of nitrogens with zero attached hydrogens (tertiary/aromatic N) is 3. The highest BCUT2D eigenvalue weighted by molar-refractivity contribution is 14.1. The van der Waals surface area contributed by atoms with Crippen molar-refractivity contribution in [3.63, 3.8) is 0 Å². The Morgan fingerprint density at radius 3 is 2.52 bits per heavy atom. The van der Waals surface area contributed by atoms with Crippen LogP contribution < -0.4 is 20.3 Å². The van der Waals surface area contributed by atoms with Gasteiger partial charge in [0.25, 0.3) is 11.5 Å². The normalized spacial score (nSPS) is 11.3. The summed E-state index contributed by atoms with van der Waals surface area (Å²) < 4.78 is 13.5. The lowest BCUT2D eigenvalue weighted by atomic mass is 9.96. The number of benzene rings is 4. The molecule has 224 valence electrons. The number of aromatic nitrogens is 2. The number of anilines is 1. The second kappa shape index (κ2) is 13.6. The van der Waals surface area contributed by atoms with Crippen molar-refractivity contribution < 1.29 is 14.3 Å². The number of hydrogen-bond acceptors (Lipinski definition) is 6. The molecule has 0 atom stereocenters. The van der Waals surface area contributed by atoms with E-state index in [9.17, 15) is 9.59 Å². The Morgan fingerprint density at radius 2 is 1.82 bits per heavy atom. The minimum atomic E-state index is -0.293. The number of fused-ring (bicyclic) bond motifs is 1. The zero-order chi connectivity index (χ0) is 31.4. The van der Waals surface area contributed by atoms with Crippen LogP contribution in [0.3, 0.4) is 0 Å². The fraction of sp³-hybridized carbons (Fsp3) is 0.176. The molecule has 5 aromatic rings. The summed E-state index contributed by atoms with van der Waals surface area (Å²) in [6.07, 6.45) is 1.61. The molecule has 0 saturated heterocycles. The molecular weight excluding hydrogens is 691 g/mol. The van der Waals surface area contributed by atoms with E-state index >= 15 is 0 Å². The van der Waals surface area contributed by atoms with Crippen molar-refractivity contribution in [1.82, 2.24) is 9.66 Å². The van der Waals surface area contributed by atoms with Gasteiger partial charge in [-0.15, -0.1) is 0 Å². The molecule has 10 heteroatoms. The highest BCUT2D eigenvalue weighted by Crippen LogP contribution is 2.34. The zero-order valence-electron chi connectivity index (χ0n) is 24.6. The maximum absolute atomic E-state index is 13.7. The molecule has 0 aliphatic carbocycles. The van der Waals surface area contributed by atoms with E-state index in [4.69, 9.17) is 26.1 Å². The fourth-order valence-electron chi connectivity index (χ4n) is 4.68. The quantitative estimate of drug-likeness (QED) is 0.125. The van der Waals surface area contributed by atoms with Crippen LogP contribution in [0, 0.1) is 10.5 Å². The molecule has 0 aliphatic heterocycles. The third kappa shape index (κ3) is 6.95. The molecule has 0 radical (unpaired) electrons. The van der Waals surface area contributed by atoms with Gasteiger partial charge in [-0.25, -0.2) is 4.98 Å². The Kier molecular flexibility index (Phi) is 9.65. The van der Waals surface area contributed by atoms with E-state index in [-0.39, 0.29) is 24.0 Å². The third-order valence-electron chi connectivity index (χ3n) is 6.96. The Labute approximate surface area is 273 Å². The van der Waals surface area contributed by atoms with E-state index < -0.39 is 0 Å². The van der Waals surface area contributed by atoms with Crippen LogP contribution in [0.2, 0.25) is 5.02 Å². The van der Waals surface area contributed by atoms with Gasteiger partial charge in [-0.3, -0.25) is 9.59 Å². The average molecular weight is 721 g/mol. The maximum atomic E-state index is 13.7. The molecule has 0 aliphatic rings. The van der Waals surface area contributed by atoms with Gasteiger partial charge in [0.1, 0.15) is 11.5 Å². The number of methoxy groups -OCH3 is 1.